The fraction of sp³-hybridized carbons (Fsp3) is 0.462. The Morgan fingerprint density at radius 3 is 3.00 bits per heavy atom. The molecule has 1 aliphatic carbocycles. The molecule has 20 heavy (non-hydrogen) atoms. The number of aliphatic hydroxyl groups is 1. The van der Waals surface area contributed by atoms with Crippen LogP contribution in [0.4, 0.5) is 0 Å². The number of nitrogens with one attached hydrogen (secondary N) is 1. The van der Waals surface area contributed by atoms with Gasteiger partial charge in [-0.05, 0) is 19.3 Å². The molecule has 1 aromatic rings. The molecule has 1 aromatic heterocycles. The number of carbonyl (C=O) groups is 2. The SMILES string of the molecule is O=C(O)/C=C/C(=O)NC1CCCc2c1cnn2CCO. The van der Waals surface area contributed by atoms with Gasteiger partial charge in [0.2, 0.25) is 5.91 Å². The monoisotopic (exact) mass is 279 g/mol. The molecule has 0 aromatic carbocycles. The van der Waals surface area contributed by atoms with Gasteiger partial charge in [0.25, 0.3) is 0 Å². The minimum Gasteiger partial charge on any atom is -0.478 e. The number of aromatic nitrogens is 2. The number of nitrogens with zero attached hydrogens (tertiary/aromatic N) is 2. The maximum Gasteiger partial charge on any atom is 0.328 e. The third-order valence-electron chi connectivity index (χ3n) is 3.27. The molecule has 7 nitrogen and oxygen atoms in total. The van der Waals surface area contributed by atoms with Crippen molar-refractivity contribution in [2.24, 2.45) is 0 Å². The first-order chi connectivity index (χ1) is 9.61. The van der Waals surface area contributed by atoms with E-state index >= 15 is 0 Å². The molecule has 2 rings (SSSR count). The van der Waals surface area contributed by atoms with Crippen LogP contribution in [0, 0.1) is 0 Å². The summed E-state index contributed by atoms with van der Waals surface area (Å²) in [6.07, 6.45) is 6.11. The van der Waals surface area contributed by atoms with Crippen LogP contribution in [0.5, 0.6) is 0 Å². The Hall–Kier alpha value is -2.15. The number of aliphatic hydroxyl groups excluding tert-OH is 1. The third-order valence-corrected chi connectivity index (χ3v) is 3.27. The minimum absolute atomic E-state index is 0.0203. The molecule has 1 heterocycles. The number of hydrogen-bond donors (Lipinski definition) is 3. The molecule has 0 fully saturated rings. The number of carboxylic acid groups (broad SMARTS) is 1. The second kappa shape index (κ2) is 6.33. The van der Waals surface area contributed by atoms with Crippen molar-refractivity contribution >= 4 is 11.9 Å². The molecule has 3 N–H and O–H groups in total. The Morgan fingerprint density at radius 1 is 1.50 bits per heavy atom. The molecule has 0 saturated carbocycles. The summed E-state index contributed by atoms with van der Waals surface area (Å²) in [5, 5.41) is 24.5. The van der Waals surface area contributed by atoms with Crippen molar-refractivity contribution in [3.05, 3.63) is 29.6 Å². The van der Waals surface area contributed by atoms with Crippen molar-refractivity contribution in [2.75, 3.05) is 6.61 Å². The zero-order chi connectivity index (χ0) is 14.5. The van der Waals surface area contributed by atoms with Crippen LogP contribution in [0.3, 0.4) is 0 Å². The minimum atomic E-state index is -1.15. The summed E-state index contributed by atoms with van der Waals surface area (Å²) in [5.41, 5.74) is 1.97. The smallest absolute Gasteiger partial charge is 0.328 e. The summed E-state index contributed by atoms with van der Waals surface area (Å²) in [6, 6.07) is -0.155. The normalized spacial score (nSPS) is 17.9. The largest absolute Gasteiger partial charge is 0.478 e. The number of fused-ring (bicyclic) bond motifs is 1. The number of hydrogen-bond acceptors (Lipinski definition) is 4. The van der Waals surface area contributed by atoms with Gasteiger partial charge in [-0.15, -0.1) is 0 Å². The molecule has 1 amide bonds. The average molecular weight is 279 g/mol. The Balaban J connectivity index is 2.09. The first-order valence-electron chi connectivity index (χ1n) is 6.48. The lowest BCUT2D eigenvalue weighted by atomic mass is 9.93. The fourth-order valence-electron chi connectivity index (χ4n) is 2.42. The lowest BCUT2D eigenvalue weighted by Gasteiger charge is -2.23. The van der Waals surface area contributed by atoms with Gasteiger partial charge in [-0.3, -0.25) is 9.48 Å². The lowest BCUT2D eigenvalue weighted by Crippen LogP contribution is -2.30. The van der Waals surface area contributed by atoms with Crippen LogP contribution in [0.1, 0.15) is 30.1 Å². The number of aliphatic carboxylic acids is 1. The summed E-state index contributed by atoms with van der Waals surface area (Å²) in [5.74, 6) is -1.58. The summed E-state index contributed by atoms with van der Waals surface area (Å²) in [4.78, 5) is 22.0. The Morgan fingerprint density at radius 2 is 2.30 bits per heavy atom. The summed E-state index contributed by atoms with van der Waals surface area (Å²) >= 11 is 0. The molecular formula is C13H17N3O4. The maximum absolute atomic E-state index is 11.6. The predicted octanol–water partition coefficient (Wildman–Crippen LogP) is 0.00980. The molecule has 7 heteroatoms. The average Bonchev–Trinajstić information content (AvgIpc) is 2.82. The standard InChI is InChI=1S/C13H17N3O4/c17-7-6-16-11-3-1-2-10(9(11)8-14-16)15-12(18)4-5-13(19)20/h4-5,8,10,17H,1-3,6-7H2,(H,15,18)(H,19,20)/b5-4+. The first kappa shape index (κ1) is 14.3. The van der Waals surface area contributed by atoms with Crippen LogP contribution >= 0.6 is 0 Å². The van der Waals surface area contributed by atoms with Crippen molar-refractivity contribution in [3.8, 4) is 0 Å². The topological polar surface area (TPSA) is 104 Å². The quantitative estimate of drug-likeness (QED) is 0.659. The van der Waals surface area contributed by atoms with Crippen LogP contribution in [-0.4, -0.2) is 38.5 Å². The molecular weight excluding hydrogens is 262 g/mol. The van der Waals surface area contributed by atoms with Crippen LogP contribution in [0.15, 0.2) is 18.3 Å². The van der Waals surface area contributed by atoms with Crippen LogP contribution in [-0.2, 0) is 22.6 Å². The number of carbonyl (C=O) groups excluding carboxylic acids is 1. The molecule has 0 saturated heterocycles. The zero-order valence-electron chi connectivity index (χ0n) is 11.0. The Labute approximate surface area is 115 Å². The van der Waals surface area contributed by atoms with Crippen molar-refractivity contribution in [1.82, 2.24) is 15.1 Å². The van der Waals surface area contributed by atoms with E-state index in [1.807, 2.05) is 0 Å². The Bertz CT molecular complexity index is 536. The van der Waals surface area contributed by atoms with E-state index in [4.69, 9.17) is 10.2 Å². The highest BCUT2D eigenvalue weighted by Crippen LogP contribution is 2.29. The van der Waals surface area contributed by atoms with Crippen molar-refractivity contribution in [3.63, 3.8) is 0 Å². The molecule has 0 bridgehead atoms. The zero-order valence-corrected chi connectivity index (χ0v) is 11.0. The highest BCUT2D eigenvalue weighted by atomic mass is 16.4. The van der Waals surface area contributed by atoms with E-state index in [0.29, 0.717) is 6.54 Å². The molecule has 1 unspecified atom stereocenters. The summed E-state index contributed by atoms with van der Waals surface area (Å²) in [6.45, 7) is 0.460. The van der Waals surface area contributed by atoms with Gasteiger partial charge in [0.1, 0.15) is 0 Å². The lowest BCUT2D eigenvalue weighted by molar-refractivity contribution is -0.131. The van der Waals surface area contributed by atoms with Gasteiger partial charge in [0.15, 0.2) is 0 Å². The van der Waals surface area contributed by atoms with Gasteiger partial charge in [0, 0.05) is 23.4 Å². The van der Waals surface area contributed by atoms with Gasteiger partial charge in [-0.25, -0.2) is 4.79 Å². The molecule has 0 spiro atoms. The van der Waals surface area contributed by atoms with E-state index < -0.39 is 11.9 Å². The van der Waals surface area contributed by atoms with Gasteiger partial charge in [0.05, 0.1) is 25.4 Å². The second-order valence-corrected chi connectivity index (χ2v) is 4.62. The van der Waals surface area contributed by atoms with Crippen molar-refractivity contribution in [1.29, 1.82) is 0 Å². The first-order valence-corrected chi connectivity index (χ1v) is 6.48. The van der Waals surface area contributed by atoms with Crippen molar-refractivity contribution in [2.45, 2.75) is 31.8 Å². The van der Waals surface area contributed by atoms with Crippen LogP contribution in [0.2, 0.25) is 0 Å². The van der Waals surface area contributed by atoms with E-state index in [1.54, 1.807) is 10.9 Å². The Kier molecular flexibility index (Phi) is 4.52. The van der Waals surface area contributed by atoms with Crippen molar-refractivity contribution < 1.29 is 19.8 Å². The van der Waals surface area contributed by atoms with E-state index in [-0.39, 0.29) is 12.6 Å². The van der Waals surface area contributed by atoms with Gasteiger partial charge < -0.3 is 15.5 Å². The predicted molar refractivity (Wildman–Crippen MR) is 69.9 cm³/mol. The van der Waals surface area contributed by atoms with Crippen LogP contribution in [0.25, 0.3) is 0 Å². The van der Waals surface area contributed by atoms with E-state index in [9.17, 15) is 9.59 Å². The summed E-state index contributed by atoms with van der Waals surface area (Å²) < 4.78 is 1.75. The maximum atomic E-state index is 11.6. The molecule has 0 radical (unpaired) electrons. The number of carboxylic acids is 1. The second-order valence-electron chi connectivity index (χ2n) is 4.62. The molecule has 0 aliphatic heterocycles. The van der Waals surface area contributed by atoms with Gasteiger partial charge >= 0.3 is 5.97 Å². The number of rotatable bonds is 5. The number of amides is 1. The van der Waals surface area contributed by atoms with Crippen LogP contribution < -0.4 is 5.32 Å². The summed E-state index contributed by atoms with van der Waals surface area (Å²) in [7, 11) is 0. The molecule has 108 valence electrons. The third kappa shape index (κ3) is 3.24. The fourth-order valence-corrected chi connectivity index (χ4v) is 2.42. The van der Waals surface area contributed by atoms with E-state index in [0.717, 1.165) is 42.7 Å². The highest BCUT2D eigenvalue weighted by Gasteiger charge is 2.24. The van der Waals surface area contributed by atoms with E-state index in [1.165, 1.54) is 0 Å². The highest BCUT2D eigenvalue weighted by molar-refractivity contribution is 5.94. The molecule has 1 atom stereocenters. The van der Waals surface area contributed by atoms with Gasteiger partial charge in [-0.2, -0.15) is 5.10 Å². The van der Waals surface area contributed by atoms with Gasteiger partial charge in [-0.1, -0.05) is 0 Å². The van der Waals surface area contributed by atoms with E-state index in [2.05, 4.69) is 10.4 Å². The molecule has 1 aliphatic rings.